The van der Waals surface area contributed by atoms with Crippen LogP contribution in [0.5, 0.6) is 0 Å². The molecule has 0 spiro atoms. The summed E-state index contributed by atoms with van der Waals surface area (Å²) in [6.45, 7) is 3.73. The summed E-state index contributed by atoms with van der Waals surface area (Å²) in [5.74, 6) is -0.599. The van der Waals surface area contributed by atoms with Crippen LogP contribution in [0.25, 0.3) is 5.82 Å². The van der Waals surface area contributed by atoms with Gasteiger partial charge < -0.3 is 10.6 Å². The number of aromatic nitrogens is 5. The van der Waals surface area contributed by atoms with Crippen LogP contribution in [0.2, 0.25) is 0 Å². The van der Waals surface area contributed by atoms with Gasteiger partial charge in [0.2, 0.25) is 5.91 Å². The summed E-state index contributed by atoms with van der Waals surface area (Å²) in [4.78, 5) is 29.1. The minimum atomic E-state index is -4.50. The standard InChI is InChI=1S/C23H26F3N7O2/c1-14(2)21-18(11-29-33(21)19-8-7-15(9-27-19)23(24,25)26)22(35)31-17-10-28-32(12-17)13-20(34)30-16-5-3-4-6-16/h7-12,14,16H,3-6,13H2,1-2H3,(H,30,34)(H,31,35). The second-order valence-corrected chi connectivity index (χ2v) is 8.84. The summed E-state index contributed by atoms with van der Waals surface area (Å²) in [7, 11) is 0. The Morgan fingerprint density at radius 3 is 2.49 bits per heavy atom. The van der Waals surface area contributed by atoms with Gasteiger partial charge in [-0.05, 0) is 30.9 Å². The Kier molecular flexibility index (Phi) is 6.90. The van der Waals surface area contributed by atoms with E-state index in [4.69, 9.17) is 0 Å². The zero-order valence-corrected chi connectivity index (χ0v) is 19.3. The van der Waals surface area contributed by atoms with Crippen molar-refractivity contribution < 1.29 is 22.8 Å². The topological polar surface area (TPSA) is 107 Å². The number of rotatable bonds is 7. The van der Waals surface area contributed by atoms with Gasteiger partial charge in [-0.15, -0.1) is 0 Å². The fourth-order valence-corrected chi connectivity index (χ4v) is 4.15. The average Bonchev–Trinajstić information content (AvgIpc) is 3.54. The molecule has 186 valence electrons. The predicted molar refractivity (Wildman–Crippen MR) is 121 cm³/mol. The molecule has 12 heteroatoms. The molecule has 2 amide bonds. The van der Waals surface area contributed by atoms with Crippen molar-refractivity contribution in [2.75, 3.05) is 5.32 Å². The first-order valence-corrected chi connectivity index (χ1v) is 11.4. The first-order valence-electron chi connectivity index (χ1n) is 11.4. The number of anilines is 1. The van der Waals surface area contributed by atoms with E-state index in [1.54, 1.807) is 6.20 Å². The van der Waals surface area contributed by atoms with Crippen LogP contribution in [0.1, 0.15) is 67.1 Å². The fraction of sp³-hybridized carbons (Fsp3) is 0.435. The van der Waals surface area contributed by atoms with Gasteiger partial charge >= 0.3 is 6.18 Å². The molecule has 0 aromatic carbocycles. The largest absolute Gasteiger partial charge is 0.417 e. The number of hydrogen-bond acceptors (Lipinski definition) is 5. The van der Waals surface area contributed by atoms with E-state index in [1.165, 1.54) is 27.8 Å². The van der Waals surface area contributed by atoms with Gasteiger partial charge in [0, 0.05) is 18.4 Å². The van der Waals surface area contributed by atoms with Gasteiger partial charge in [-0.3, -0.25) is 14.3 Å². The maximum absolute atomic E-state index is 13.0. The smallest absolute Gasteiger partial charge is 0.352 e. The number of pyridine rings is 1. The molecule has 0 unspecified atom stereocenters. The second-order valence-electron chi connectivity index (χ2n) is 8.84. The van der Waals surface area contributed by atoms with Crippen molar-refractivity contribution in [3.63, 3.8) is 0 Å². The maximum atomic E-state index is 13.0. The summed E-state index contributed by atoms with van der Waals surface area (Å²) in [5, 5.41) is 14.1. The van der Waals surface area contributed by atoms with E-state index in [0.717, 1.165) is 37.9 Å². The molecule has 0 bridgehead atoms. The lowest BCUT2D eigenvalue weighted by Gasteiger charge is -2.13. The molecule has 0 aliphatic heterocycles. The Hall–Kier alpha value is -3.70. The maximum Gasteiger partial charge on any atom is 0.417 e. The molecule has 9 nitrogen and oxygen atoms in total. The second kappa shape index (κ2) is 9.88. The van der Waals surface area contributed by atoms with Gasteiger partial charge in [0.1, 0.15) is 6.54 Å². The molecule has 4 rings (SSSR count). The van der Waals surface area contributed by atoms with Gasteiger partial charge in [-0.2, -0.15) is 23.4 Å². The minimum Gasteiger partial charge on any atom is -0.352 e. The molecule has 3 aromatic rings. The van der Waals surface area contributed by atoms with Crippen LogP contribution in [0.3, 0.4) is 0 Å². The van der Waals surface area contributed by atoms with Crippen molar-refractivity contribution in [1.29, 1.82) is 0 Å². The van der Waals surface area contributed by atoms with E-state index in [2.05, 4.69) is 25.8 Å². The van der Waals surface area contributed by atoms with Crippen LogP contribution in [0.4, 0.5) is 18.9 Å². The van der Waals surface area contributed by atoms with E-state index < -0.39 is 17.6 Å². The van der Waals surface area contributed by atoms with Gasteiger partial charge in [0.05, 0.1) is 34.9 Å². The molecule has 0 saturated heterocycles. The van der Waals surface area contributed by atoms with Gasteiger partial charge in [0.15, 0.2) is 5.82 Å². The third kappa shape index (κ3) is 5.69. The molecule has 2 N–H and O–H groups in total. The Bertz CT molecular complexity index is 1190. The lowest BCUT2D eigenvalue weighted by molar-refractivity contribution is -0.137. The highest BCUT2D eigenvalue weighted by Crippen LogP contribution is 2.29. The fourth-order valence-electron chi connectivity index (χ4n) is 4.15. The predicted octanol–water partition coefficient (Wildman–Crippen LogP) is 3.92. The number of halogens is 3. The van der Waals surface area contributed by atoms with Crippen molar-refractivity contribution in [3.05, 3.63) is 53.7 Å². The Morgan fingerprint density at radius 2 is 1.86 bits per heavy atom. The molecule has 3 aromatic heterocycles. The van der Waals surface area contributed by atoms with Crippen LogP contribution in [0, 0.1) is 0 Å². The van der Waals surface area contributed by atoms with Crippen molar-refractivity contribution in [1.82, 2.24) is 29.9 Å². The van der Waals surface area contributed by atoms with Gasteiger partial charge in [0.25, 0.3) is 5.91 Å². The molecule has 0 atom stereocenters. The number of hydrogen-bond donors (Lipinski definition) is 2. The summed E-state index contributed by atoms with van der Waals surface area (Å²) in [5.41, 5.74) is 0.289. The number of amides is 2. The number of alkyl halides is 3. The molecule has 3 heterocycles. The van der Waals surface area contributed by atoms with Crippen molar-refractivity contribution in [2.45, 2.75) is 64.2 Å². The Balaban J connectivity index is 1.46. The summed E-state index contributed by atoms with van der Waals surface area (Å²) in [6, 6.07) is 2.34. The van der Waals surface area contributed by atoms with Crippen LogP contribution in [-0.4, -0.2) is 42.4 Å². The average molecular weight is 490 g/mol. The van der Waals surface area contributed by atoms with Crippen molar-refractivity contribution in [3.8, 4) is 5.82 Å². The summed E-state index contributed by atoms with van der Waals surface area (Å²) < 4.78 is 41.4. The number of nitrogens with one attached hydrogen (secondary N) is 2. The van der Waals surface area contributed by atoms with E-state index in [1.807, 2.05) is 13.8 Å². The number of nitrogens with zero attached hydrogens (tertiary/aromatic N) is 5. The lowest BCUT2D eigenvalue weighted by atomic mass is 10.1. The Labute approximate surface area is 199 Å². The SMILES string of the molecule is CC(C)c1c(C(=O)Nc2cnn(CC(=O)NC3CCCC3)c2)cnn1-c1ccc(C(F)(F)F)cn1. The highest BCUT2D eigenvalue weighted by molar-refractivity contribution is 6.05. The molecule has 1 saturated carbocycles. The van der Waals surface area contributed by atoms with Crippen LogP contribution in [0.15, 0.2) is 36.9 Å². The summed E-state index contributed by atoms with van der Waals surface area (Å²) >= 11 is 0. The zero-order valence-electron chi connectivity index (χ0n) is 19.3. The van der Waals surface area contributed by atoms with Gasteiger partial charge in [-0.1, -0.05) is 26.7 Å². The van der Waals surface area contributed by atoms with Crippen LogP contribution in [-0.2, 0) is 17.5 Å². The van der Waals surface area contributed by atoms with Crippen molar-refractivity contribution >= 4 is 17.5 Å². The van der Waals surface area contributed by atoms with E-state index >= 15 is 0 Å². The Morgan fingerprint density at radius 1 is 1.11 bits per heavy atom. The van der Waals surface area contributed by atoms with Gasteiger partial charge in [-0.25, -0.2) is 9.67 Å². The monoisotopic (exact) mass is 489 g/mol. The highest BCUT2D eigenvalue weighted by atomic mass is 19.4. The molecule has 1 aliphatic carbocycles. The first-order chi connectivity index (χ1) is 16.6. The third-order valence-corrected chi connectivity index (χ3v) is 5.81. The third-order valence-electron chi connectivity index (χ3n) is 5.81. The molecule has 35 heavy (non-hydrogen) atoms. The molecule has 1 aliphatic rings. The van der Waals surface area contributed by atoms with E-state index in [-0.39, 0.29) is 35.8 Å². The lowest BCUT2D eigenvalue weighted by Crippen LogP contribution is -2.35. The molecule has 1 fully saturated rings. The quantitative estimate of drug-likeness (QED) is 0.523. The zero-order chi connectivity index (χ0) is 25.2. The van der Waals surface area contributed by atoms with Crippen molar-refractivity contribution in [2.24, 2.45) is 0 Å². The molecular weight excluding hydrogens is 463 g/mol. The van der Waals surface area contributed by atoms with E-state index in [9.17, 15) is 22.8 Å². The number of carbonyl (C=O) groups is 2. The first kappa shape index (κ1) is 24.4. The van der Waals surface area contributed by atoms with Crippen LogP contribution < -0.4 is 10.6 Å². The summed E-state index contributed by atoms with van der Waals surface area (Å²) in [6.07, 6.45) is 4.80. The highest BCUT2D eigenvalue weighted by Gasteiger charge is 2.31. The normalized spacial score (nSPS) is 14.5. The molecule has 0 radical (unpaired) electrons. The molecular formula is C23H26F3N7O2. The van der Waals surface area contributed by atoms with Crippen LogP contribution >= 0.6 is 0 Å². The van der Waals surface area contributed by atoms with E-state index in [0.29, 0.717) is 11.4 Å². The number of carbonyl (C=O) groups excluding carboxylic acids is 2. The minimum absolute atomic E-state index is 0.0428.